The van der Waals surface area contributed by atoms with E-state index >= 15 is 0 Å². The normalized spacial score (nSPS) is 20.3. The molecule has 6 heteroatoms. The highest BCUT2D eigenvalue weighted by Gasteiger charge is 2.31. The number of hydrogen-bond acceptors (Lipinski definition) is 6. The van der Waals surface area contributed by atoms with Gasteiger partial charge in [0.05, 0.1) is 17.7 Å². The van der Waals surface area contributed by atoms with Crippen LogP contribution in [-0.2, 0) is 6.54 Å². The molecule has 25 heavy (non-hydrogen) atoms. The van der Waals surface area contributed by atoms with Gasteiger partial charge in [-0.1, -0.05) is 23.4 Å². The second-order valence-corrected chi connectivity index (χ2v) is 7.02. The van der Waals surface area contributed by atoms with Gasteiger partial charge in [-0.25, -0.2) is 0 Å². The molecule has 2 aromatic rings. The average molecular weight is 337 g/mol. The van der Waals surface area contributed by atoms with Gasteiger partial charge < -0.3 is 4.52 Å². The first-order chi connectivity index (χ1) is 12.2. The minimum absolute atomic E-state index is 0.161. The number of rotatable bonds is 5. The summed E-state index contributed by atoms with van der Waals surface area (Å²) in [4.78, 5) is 9.39. The van der Waals surface area contributed by atoms with E-state index in [9.17, 15) is 5.26 Å². The molecule has 2 heterocycles. The van der Waals surface area contributed by atoms with E-state index in [1.165, 1.54) is 12.8 Å². The summed E-state index contributed by atoms with van der Waals surface area (Å²) < 4.78 is 5.48. The van der Waals surface area contributed by atoms with Gasteiger partial charge in [0.1, 0.15) is 0 Å². The Hall–Kier alpha value is -2.23. The van der Waals surface area contributed by atoms with Crippen molar-refractivity contribution in [2.75, 3.05) is 26.2 Å². The summed E-state index contributed by atoms with van der Waals surface area (Å²) in [6.45, 7) is 6.87. The van der Waals surface area contributed by atoms with Crippen molar-refractivity contribution >= 4 is 0 Å². The van der Waals surface area contributed by atoms with Gasteiger partial charge in [-0.3, -0.25) is 9.80 Å². The van der Waals surface area contributed by atoms with E-state index in [1.54, 1.807) is 0 Å². The van der Waals surface area contributed by atoms with Crippen LogP contribution in [0, 0.1) is 11.3 Å². The Morgan fingerprint density at radius 1 is 1.24 bits per heavy atom. The fraction of sp³-hybridized carbons (Fsp3) is 0.526. The topological polar surface area (TPSA) is 69.2 Å². The molecule has 2 fully saturated rings. The molecule has 0 spiro atoms. The second kappa shape index (κ2) is 6.95. The van der Waals surface area contributed by atoms with E-state index in [-0.39, 0.29) is 6.04 Å². The number of aromatic nitrogens is 2. The Labute approximate surface area is 148 Å². The van der Waals surface area contributed by atoms with Crippen LogP contribution in [0.15, 0.2) is 28.8 Å². The molecule has 1 saturated carbocycles. The fourth-order valence-corrected chi connectivity index (χ4v) is 3.40. The van der Waals surface area contributed by atoms with Crippen LogP contribution in [0.4, 0.5) is 0 Å². The second-order valence-electron chi connectivity index (χ2n) is 7.02. The lowest BCUT2D eigenvalue weighted by Gasteiger charge is -2.36. The van der Waals surface area contributed by atoms with Gasteiger partial charge >= 0.3 is 0 Å². The quantitative estimate of drug-likeness (QED) is 0.835. The van der Waals surface area contributed by atoms with Crippen LogP contribution in [0.5, 0.6) is 0 Å². The zero-order valence-electron chi connectivity index (χ0n) is 14.6. The lowest BCUT2D eigenvalue weighted by molar-refractivity contribution is 0.0845. The predicted molar refractivity (Wildman–Crippen MR) is 92.7 cm³/mol. The number of piperazine rings is 1. The van der Waals surface area contributed by atoms with Gasteiger partial charge in [0, 0.05) is 38.6 Å². The Morgan fingerprint density at radius 3 is 2.72 bits per heavy atom. The first-order valence-corrected chi connectivity index (χ1v) is 9.02. The van der Waals surface area contributed by atoms with Gasteiger partial charge in [-0.05, 0) is 31.4 Å². The van der Waals surface area contributed by atoms with E-state index in [2.05, 4.69) is 32.9 Å². The lowest BCUT2D eigenvalue weighted by Crippen LogP contribution is -2.46. The third-order valence-electron chi connectivity index (χ3n) is 5.24. The predicted octanol–water partition coefficient (Wildman–Crippen LogP) is 2.70. The van der Waals surface area contributed by atoms with Gasteiger partial charge in [-0.15, -0.1) is 0 Å². The molecule has 0 N–H and O–H groups in total. The molecule has 2 aliphatic rings. The monoisotopic (exact) mass is 337 g/mol. The maximum Gasteiger partial charge on any atom is 0.243 e. The third kappa shape index (κ3) is 3.58. The smallest absolute Gasteiger partial charge is 0.243 e. The molecule has 6 nitrogen and oxygen atoms in total. The molecule has 1 aliphatic heterocycles. The minimum Gasteiger partial charge on any atom is -0.338 e. The molecule has 1 saturated heterocycles. The highest BCUT2D eigenvalue weighted by Crippen LogP contribution is 2.38. The van der Waals surface area contributed by atoms with Crippen LogP contribution in [0.3, 0.4) is 0 Å². The average Bonchev–Trinajstić information content (AvgIpc) is 3.39. The van der Waals surface area contributed by atoms with Crippen molar-refractivity contribution in [2.24, 2.45) is 0 Å². The number of benzene rings is 1. The van der Waals surface area contributed by atoms with Crippen molar-refractivity contribution in [3.8, 4) is 6.07 Å². The molecular formula is C19H23N5O. The SMILES string of the molecule is C[C@@H](c1nc(C2CC2)no1)N1CCN(Cc2ccccc2C#N)CC1. The van der Waals surface area contributed by atoms with Crippen LogP contribution in [-0.4, -0.2) is 46.1 Å². The number of hydrogen-bond donors (Lipinski definition) is 0. The van der Waals surface area contributed by atoms with Crippen LogP contribution >= 0.6 is 0 Å². The molecule has 1 aromatic heterocycles. The minimum atomic E-state index is 0.161. The molecule has 1 aromatic carbocycles. The van der Waals surface area contributed by atoms with Crippen LogP contribution in [0.2, 0.25) is 0 Å². The lowest BCUT2D eigenvalue weighted by atomic mass is 10.1. The molecule has 1 aliphatic carbocycles. The summed E-state index contributed by atoms with van der Waals surface area (Å²) in [5.41, 5.74) is 1.88. The van der Waals surface area contributed by atoms with E-state index in [0.717, 1.165) is 55.6 Å². The zero-order chi connectivity index (χ0) is 17.2. The van der Waals surface area contributed by atoms with Crippen molar-refractivity contribution in [3.63, 3.8) is 0 Å². The fourth-order valence-electron chi connectivity index (χ4n) is 3.40. The third-order valence-corrected chi connectivity index (χ3v) is 5.24. The van der Waals surface area contributed by atoms with Gasteiger partial charge in [0.2, 0.25) is 5.89 Å². The molecule has 4 rings (SSSR count). The number of nitriles is 1. The molecule has 1 atom stereocenters. The van der Waals surface area contributed by atoms with Crippen LogP contribution in [0.25, 0.3) is 0 Å². The Bertz CT molecular complexity index is 768. The first kappa shape index (κ1) is 16.2. The van der Waals surface area contributed by atoms with Crippen molar-refractivity contribution in [1.29, 1.82) is 5.26 Å². The molecule has 0 unspecified atom stereocenters. The van der Waals surface area contributed by atoms with Gasteiger partial charge in [-0.2, -0.15) is 10.2 Å². The summed E-state index contributed by atoms with van der Waals surface area (Å²) >= 11 is 0. The molecule has 130 valence electrons. The van der Waals surface area contributed by atoms with E-state index < -0.39 is 0 Å². The van der Waals surface area contributed by atoms with Crippen LogP contribution in [0.1, 0.15) is 54.6 Å². The highest BCUT2D eigenvalue weighted by molar-refractivity contribution is 5.37. The maximum atomic E-state index is 9.23. The van der Waals surface area contributed by atoms with E-state index in [4.69, 9.17) is 4.52 Å². The Morgan fingerprint density at radius 2 is 2.00 bits per heavy atom. The van der Waals surface area contributed by atoms with E-state index in [0.29, 0.717) is 5.92 Å². The molecule has 0 bridgehead atoms. The summed E-state index contributed by atoms with van der Waals surface area (Å²) in [5.74, 6) is 2.15. The largest absolute Gasteiger partial charge is 0.338 e. The summed E-state index contributed by atoms with van der Waals surface area (Å²) in [6.07, 6.45) is 2.38. The maximum absolute atomic E-state index is 9.23. The summed E-state index contributed by atoms with van der Waals surface area (Å²) in [7, 11) is 0. The summed E-state index contributed by atoms with van der Waals surface area (Å²) in [6, 6.07) is 10.3. The molecule has 0 radical (unpaired) electrons. The Balaban J connectivity index is 1.33. The van der Waals surface area contributed by atoms with Gasteiger partial charge in [0.15, 0.2) is 5.82 Å². The molecule has 0 amide bonds. The highest BCUT2D eigenvalue weighted by atomic mass is 16.5. The van der Waals surface area contributed by atoms with Crippen molar-refractivity contribution in [1.82, 2.24) is 19.9 Å². The first-order valence-electron chi connectivity index (χ1n) is 9.02. The Kier molecular flexibility index (Phi) is 4.51. The van der Waals surface area contributed by atoms with Crippen LogP contribution < -0.4 is 0 Å². The zero-order valence-corrected chi connectivity index (χ0v) is 14.6. The standard InChI is InChI=1S/C19H23N5O/c1-14(19-21-18(22-25-19)15-6-7-15)24-10-8-23(9-11-24)13-17-5-3-2-4-16(17)12-20/h2-5,14-15H,6-11,13H2,1H3/t14-/m0/s1. The molecular weight excluding hydrogens is 314 g/mol. The van der Waals surface area contributed by atoms with Crippen molar-refractivity contribution in [3.05, 3.63) is 47.1 Å². The number of nitrogens with zero attached hydrogens (tertiary/aromatic N) is 5. The van der Waals surface area contributed by atoms with Crippen molar-refractivity contribution in [2.45, 2.75) is 38.3 Å². The van der Waals surface area contributed by atoms with Crippen molar-refractivity contribution < 1.29 is 4.52 Å². The van der Waals surface area contributed by atoms with E-state index in [1.807, 2.05) is 24.3 Å². The van der Waals surface area contributed by atoms with Gasteiger partial charge in [0.25, 0.3) is 0 Å². The summed E-state index contributed by atoms with van der Waals surface area (Å²) in [5, 5.41) is 13.4.